The van der Waals surface area contributed by atoms with Crippen LogP contribution in [0.1, 0.15) is 12.8 Å². The summed E-state index contributed by atoms with van der Waals surface area (Å²) in [4.78, 5) is 22.9. The smallest absolute Gasteiger partial charge is 0.323 e. The number of anilines is 1. The molecule has 0 aliphatic carbocycles. The van der Waals surface area contributed by atoms with Crippen LogP contribution in [0.25, 0.3) is 11.3 Å². The molecule has 1 fully saturated rings. The maximum absolute atomic E-state index is 12.5. The molecule has 0 spiro atoms. The third-order valence-corrected chi connectivity index (χ3v) is 6.00. The van der Waals surface area contributed by atoms with E-state index in [0.717, 1.165) is 37.2 Å². The Hall–Kier alpha value is -2.52. The first-order valence-electron chi connectivity index (χ1n) is 9.06. The number of methoxy groups -OCH3 is 1. The number of amides is 2. The Labute approximate surface area is 167 Å². The Morgan fingerprint density at radius 3 is 2.64 bits per heavy atom. The van der Waals surface area contributed by atoms with Gasteiger partial charge in [-0.05, 0) is 25.0 Å². The Morgan fingerprint density at radius 2 is 2.04 bits per heavy atom. The molecule has 1 saturated heterocycles. The van der Waals surface area contributed by atoms with Crippen LogP contribution in [0.5, 0.6) is 5.75 Å². The monoisotopic (exact) mass is 403 g/mol. The minimum absolute atomic E-state index is 0.115. The lowest BCUT2D eigenvalue weighted by molar-refractivity contribution is 0.175. The Morgan fingerprint density at radius 1 is 1.29 bits per heavy atom. The summed E-state index contributed by atoms with van der Waals surface area (Å²) < 4.78 is 18.7. The maximum Gasteiger partial charge on any atom is 0.323 e. The largest absolute Gasteiger partial charge is 0.497 e. The molecule has 1 aliphatic heterocycles. The number of ether oxygens (including phenoxy) is 1. The molecular formula is C19H25N5O3S. The van der Waals surface area contributed by atoms with Gasteiger partial charge in [0.2, 0.25) is 0 Å². The zero-order valence-electron chi connectivity index (χ0n) is 16.3. The second kappa shape index (κ2) is 9.11. The molecule has 1 aliphatic rings. The molecular weight excluding hydrogens is 378 g/mol. The van der Waals surface area contributed by atoms with Gasteiger partial charge < -0.3 is 9.64 Å². The number of aromatic nitrogens is 2. The fourth-order valence-electron chi connectivity index (χ4n) is 3.17. The van der Waals surface area contributed by atoms with Crippen LogP contribution in [-0.2, 0) is 11.0 Å². The van der Waals surface area contributed by atoms with Crippen molar-refractivity contribution in [2.45, 2.75) is 18.9 Å². The summed E-state index contributed by atoms with van der Waals surface area (Å²) in [6, 6.07) is 7.45. The van der Waals surface area contributed by atoms with E-state index in [1.54, 1.807) is 37.7 Å². The molecule has 9 heteroatoms. The molecule has 3 rings (SSSR count). The van der Waals surface area contributed by atoms with Gasteiger partial charge in [0, 0.05) is 38.0 Å². The zero-order chi connectivity index (χ0) is 20.1. The summed E-state index contributed by atoms with van der Waals surface area (Å²) in [5.41, 5.74) is 1.59. The highest BCUT2D eigenvalue weighted by Crippen LogP contribution is 2.22. The summed E-state index contributed by atoms with van der Waals surface area (Å²) in [6.07, 6.45) is 6.45. The van der Waals surface area contributed by atoms with Crippen molar-refractivity contribution in [3.05, 3.63) is 36.7 Å². The molecule has 28 heavy (non-hydrogen) atoms. The molecule has 2 amide bonds. The Kier molecular flexibility index (Phi) is 6.58. The third-order valence-electron chi connectivity index (χ3n) is 4.91. The molecule has 1 unspecified atom stereocenters. The van der Waals surface area contributed by atoms with Crippen LogP contribution in [0, 0.1) is 0 Å². The lowest BCUT2D eigenvalue weighted by Gasteiger charge is -2.35. The van der Waals surface area contributed by atoms with E-state index in [1.165, 1.54) is 0 Å². The minimum atomic E-state index is -0.955. The highest BCUT2D eigenvalue weighted by Gasteiger charge is 2.26. The maximum atomic E-state index is 12.5. The van der Waals surface area contributed by atoms with Crippen molar-refractivity contribution in [2.24, 2.45) is 0 Å². The molecule has 1 atom stereocenters. The van der Waals surface area contributed by atoms with Crippen molar-refractivity contribution >= 4 is 22.8 Å². The summed E-state index contributed by atoms with van der Waals surface area (Å²) >= 11 is 0. The number of benzene rings is 1. The quantitative estimate of drug-likeness (QED) is 0.828. The van der Waals surface area contributed by atoms with Gasteiger partial charge in [0.25, 0.3) is 0 Å². The standard InChI is InChI=1S/C19H25N5O3S/c1-23(15-7-9-24(10-8-15)28(3)26)19(25)22-18-13-20-17(12-21-18)14-5-4-6-16(11-14)27-2/h4-6,11-13,15H,7-10H2,1-3H3,(H,21,22,25). The summed E-state index contributed by atoms with van der Waals surface area (Å²) in [7, 11) is 2.44. The molecule has 0 bridgehead atoms. The molecule has 0 radical (unpaired) electrons. The Balaban J connectivity index is 1.59. The van der Waals surface area contributed by atoms with E-state index < -0.39 is 11.0 Å². The van der Waals surface area contributed by atoms with E-state index in [9.17, 15) is 9.00 Å². The zero-order valence-corrected chi connectivity index (χ0v) is 17.1. The molecule has 0 saturated carbocycles. The van der Waals surface area contributed by atoms with Crippen molar-refractivity contribution in [1.29, 1.82) is 0 Å². The normalized spacial score (nSPS) is 16.4. The van der Waals surface area contributed by atoms with Crippen LogP contribution in [0.4, 0.5) is 10.6 Å². The fraction of sp³-hybridized carbons (Fsp3) is 0.421. The first-order valence-corrected chi connectivity index (χ1v) is 10.6. The van der Waals surface area contributed by atoms with Crippen molar-refractivity contribution in [3.8, 4) is 17.0 Å². The average Bonchev–Trinajstić information content (AvgIpc) is 2.73. The van der Waals surface area contributed by atoms with Gasteiger partial charge in [-0.15, -0.1) is 0 Å². The number of urea groups is 1. The summed E-state index contributed by atoms with van der Waals surface area (Å²) in [6.45, 7) is 1.45. The second-order valence-electron chi connectivity index (χ2n) is 6.64. The Bertz CT molecular complexity index is 838. The van der Waals surface area contributed by atoms with Gasteiger partial charge in [-0.1, -0.05) is 12.1 Å². The van der Waals surface area contributed by atoms with Crippen LogP contribution >= 0.6 is 0 Å². The van der Waals surface area contributed by atoms with Crippen LogP contribution < -0.4 is 10.1 Å². The molecule has 2 heterocycles. The van der Waals surface area contributed by atoms with Gasteiger partial charge >= 0.3 is 6.03 Å². The van der Waals surface area contributed by atoms with Crippen LogP contribution in [-0.4, -0.2) is 69.0 Å². The average molecular weight is 404 g/mol. The van der Waals surface area contributed by atoms with Gasteiger partial charge in [0.15, 0.2) is 5.82 Å². The second-order valence-corrected chi connectivity index (χ2v) is 8.01. The number of nitrogens with one attached hydrogen (secondary N) is 1. The summed E-state index contributed by atoms with van der Waals surface area (Å²) in [5.74, 6) is 1.15. The van der Waals surface area contributed by atoms with Crippen LogP contribution in [0.15, 0.2) is 36.7 Å². The SMILES string of the molecule is COc1cccc(-c2cnc(NC(=O)N(C)C3CCN(S(C)=O)CC3)cn2)c1. The van der Waals surface area contributed by atoms with E-state index in [1.807, 2.05) is 28.6 Å². The molecule has 8 nitrogen and oxygen atoms in total. The first kappa shape index (κ1) is 20.2. The van der Waals surface area contributed by atoms with Gasteiger partial charge in [-0.3, -0.25) is 10.3 Å². The molecule has 2 aromatic rings. The van der Waals surface area contributed by atoms with Crippen molar-refractivity contribution in [2.75, 3.05) is 38.8 Å². The van der Waals surface area contributed by atoms with E-state index in [4.69, 9.17) is 4.74 Å². The topological polar surface area (TPSA) is 87.7 Å². The number of carbonyl (C=O) groups is 1. The predicted molar refractivity (Wildman–Crippen MR) is 109 cm³/mol. The number of nitrogens with zero attached hydrogens (tertiary/aromatic N) is 4. The van der Waals surface area contributed by atoms with E-state index >= 15 is 0 Å². The highest BCUT2D eigenvalue weighted by atomic mass is 32.2. The predicted octanol–water partition coefficient (Wildman–Crippen LogP) is 2.37. The molecule has 150 valence electrons. The van der Waals surface area contributed by atoms with Gasteiger partial charge in [-0.25, -0.2) is 18.3 Å². The molecule has 1 aromatic carbocycles. The number of hydrogen-bond acceptors (Lipinski definition) is 5. The van der Waals surface area contributed by atoms with Crippen molar-refractivity contribution in [1.82, 2.24) is 19.2 Å². The lowest BCUT2D eigenvalue weighted by Crippen LogP contribution is -2.47. The van der Waals surface area contributed by atoms with Gasteiger partial charge in [0.05, 0.1) is 36.2 Å². The van der Waals surface area contributed by atoms with E-state index in [0.29, 0.717) is 11.5 Å². The summed E-state index contributed by atoms with van der Waals surface area (Å²) in [5, 5.41) is 2.79. The van der Waals surface area contributed by atoms with Gasteiger partial charge in [0.1, 0.15) is 5.75 Å². The number of rotatable bonds is 5. The fourth-order valence-corrected chi connectivity index (χ4v) is 3.90. The van der Waals surface area contributed by atoms with Crippen LogP contribution in [0.2, 0.25) is 0 Å². The van der Waals surface area contributed by atoms with E-state index in [2.05, 4.69) is 15.3 Å². The first-order chi connectivity index (χ1) is 13.5. The van der Waals surface area contributed by atoms with E-state index in [-0.39, 0.29) is 12.1 Å². The van der Waals surface area contributed by atoms with Crippen LogP contribution in [0.3, 0.4) is 0 Å². The number of carbonyl (C=O) groups excluding carboxylic acids is 1. The van der Waals surface area contributed by atoms with Gasteiger partial charge in [-0.2, -0.15) is 0 Å². The van der Waals surface area contributed by atoms with Crippen molar-refractivity contribution < 1.29 is 13.7 Å². The number of hydrogen-bond donors (Lipinski definition) is 1. The number of piperidine rings is 1. The minimum Gasteiger partial charge on any atom is -0.497 e. The lowest BCUT2D eigenvalue weighted by atomic mass is 10.1. The molecule has 1 aromatic heterocycles. The van der Waals surface area contributed by atoms with Crippen molar-refractivity contribution in [3.63, 3.8) is 0 Å². The third kappa shape index (κ3) is 4.85. The molecule has 1 N–H and O–H groups in total. The highest BCUT2D eigenvalue weighted by molar-refractivity contribution is 7.81.